The number of rotatable bonds is 3. The Hall–Kier alpha value is -2.90. The van der Waals surface area contributed by atoms with E-state index in [1.165, 1.54) is 17.0 Å². The number of amides is 1. The number of nitrogens with zero attached hydrogens (tertiary/aromatic N) is 2. The molecule has 3 N–H and O–H groups in total. The number of hydrogen-bond acceptors (Lipinski definition) is 4. The molecule has 1 aliphatic heterocycles. The maximum atomic E-state index is 15.9. The molecule has 32 heavy (non-hydrogen) atoms. The molecule has 0 saturated carbocycles. The van der Waals surface area contributed by atoms with Gasteiger partial charge in [-0.2, -0.15) is 0 Å². The Balaban J connectivity index is 2.09. The summed E-state index contributed by atoms with van der Waals surface area (Å²) in [6.45, 7) is 2.14. The van der Waals surface area contributed by atoms with Gasteiger partial charge >= 0.3 is 0 Å². The van der Waals surface area contributed by atoms with E-state index in [1.807, 2.05) is 6.92 Å². The van der Waals surface area contributed by atoms with E-state index in [0.29, 0.717) is 11.7 Å². The largest absolute Gasteiger partial charge is 0.391 e. The summed E-state index contributed by atoms with van der Waals surface area (Å²) in [6.07, 6.45) is 0.679. The van der Waals surface area contributed by atoms with Crippen LogP contribution in [-0.4, -0.2) is 34.8 Å². The Morgan fingerprint density at radius 2 is 1.91 bits per heavy atom. The summed E-state index contributed by atoms with van der Waals surface area (Å²) in [7, 11) is 2.32. The molecule has 3 atom stereocenters. The third-order valence-corrected chi connectivity index (χ3v) is 5.97. The molecule has 3 unspecified atom stereocenters. The summed E-state index contributed by atoms with van der Waals surface area (Å²) >= 11 is 0. The standard InChI is InChI=1S/C22H21F3N3O3P/c1-10-4-11(29)8-27(7-10)20-16(24)6-13-19(18(20)25)28(9-14(21(13)30)22(26)31)17-3-2-12(32)5-15(17)23/h2-3,5-6,9-11,29H,4,7-8,32H2,1H3,(H2,26,31). The topological polar surface area (TPSA) is 88.6 Å². The van der Waals surface area contributed by atoms with E-state index >= 15 is 8.78 Å². The minimum atomic E-state index is -1.11. The van der Waals surface area contributed by atoms with Crippen LogP contribution in [0.15, 0.2) is 35.3 Å². The van der Waals surface area contributed by atoms with Crippen molar-refractivity contribution >= 4 is 37.0 Å². The van der Waals surface area contributed by atoms with Gasteiger partial charge in [-0.1, -0.05) is 13.0 Å². The zero-order chi connectivity index (χ0) is 23.3. The number of aromatic nitrogens is 1. The molecule has 1 aromatic heterocycles. The third kappa shape index (κ3) is 3.76. The Morgan fingerprint density at radius 1 is 1.19 bits per heavy atom. The van der Waals surface area contributed by atoms with Crippen LogP contribution in [0.4, 0.5) is 18.9 Å². The van der Waals surface area contributed by atoms with Gasteiger partial charge in [0.1, 0.15) is 22.9 Å². The van der Waals surface area contributed by atoms with Gasteiger partial charge in [-0.05, 0) is 35.8 Å². The summed E-state index contributed by atoms with van der Waals surface area (Å²) in [5.74, 6) is -4.00. The minimum Gasteiger partial charge on any atom is -0.391 e. The predicted molar refractivity (Wildman–Crippen MR) is 119 cm³/mol. The van der Waals surface area contributed by atoms with E-state index in [-0.39, 0.29) is 30.2 Å². The molecule has 0 aliphatic carbocycles. The number of nitrogens with two attached hydrogens (primary N) is 1. The van der Waals surface area contributed by atoms with Crippen LogP contribution < -0.4 is 21.4 Å². The number of pyridine rings is 1. The van der Waals surface area contributed by atoms with Crippen LogP contribution >= 0.6 is 9.24 Å². The van der Waals surface area contributed by atoms with Crippen molar-refractivity contribution in [3.63, 3.8) is 0 Å². The summed E-state index contributed by atoms with van der Waals surface area (Å²) in [5.41, 5.74) is 2.85. The molecule has 2 heterocycles. The number of carbonyl (C=O) groups is 1. The predicted octanol–water partition coefficient (Wildman–Crippen LogP) is 2.21. The molecule has 6 nitrogen and oxygen atoms in total. The monoisotopic (exact) mass is 463 g/mol. The number of benzene rings is 2. The fraction of sp³-hybridized carbons (Fsp3) is 0.273. The lowest BCUT2D eigenvalue weighted by atomic mass is 9.97. The number of carbonyl (C=O) groups excluding carboxylic acids is 1. The molecule has 168 valence electrons. The summed E-state index contributed by atoms with van der Waals surface area (Å²) in [5, 5.41) is 10.2. The quantitative estimate of drug-likeness (QED) is 0.583. The zero-order valence-electron chi connectivity index (χ0n) is 17.1. The van der Waals surface area contributed by atoms with E-state index in [4.69, 9.17) is 5.73 Å². The molecule has 0 radical (unpaired) electrons. The zero-order valence-corrected chi connectivity index (χ0v) is 18.3. The number of primary amides is 1. The van der Waals surface area contributed by atoms with Crippen molar-refractivity contribution < 1.29 is 23.1 Å². The van der Waals surface area contributed by atoms with Gasteiger partial charge in [0.25, 0.3) is 5.91 Å². The molecule has 1 fully saturated rings. The molecule has 1 saturated heterocycles. The van der Waals surface area contributed by atoms with Crippen molar-refractivity contribution in [1.82, 2.24) is 4.57 Å². The van der Waals surface area contributed by atoms with Gasteiger partial charge in [-0.25, -0.2) is 13.2 Å². The van der Waals surface area contributed by atoms with Crippen LogP contribution in [0.5, 0.6) is 0 Å². The number of β-amino-alcohol motifs (C(OH)–C–C–N with tert-alkyl or cyclic N) is 1. The van der Waals surface area contributed by atoms with Crippen molar-refractivity contribution in [3.8, 4) is 5.69 Å². The van der Waals surface area contributed by atoms with Crippen molar-refractivity contribution in [1.29, 1.82) is 0 Å². The lowest BCUT2D eigenvalue weighted by Crippen LogP contribution is -2.43. The highest BCUT2D eigenvalue weighted by Crippen LogP contribution is 2.34. The third-order valence-electron chi connectivity index (χ3n) is 5.61. The Bertz CT molecular complexity index is 1300. The smallest absolute Gasteiger partial charge is 0.254 e. The van der Waals surface area contributed by atoms with Crippen molar-refractivity contribution in [2.75, 3.05) is 18.0 Å². The van der Waals surface area contributed by atoms with Gasteiger partial charge in [0.2, 0.25) is 5.43 Å². The van der Waals surface area contributed by atoms with Gasteiger partial charge in [0.15, 0.2) is 5.82 Å². The average molecular weight is 463 g/mol. The number of anilines is 1. The van der Waals surface area contributed by atoms with Crippen molar-refractivity contribution in [2.45, 2.75) is 19.4 Å². The van der Waals surface area contributed by atoms with Crippen molar-refractivity contribution in [3.05, 3.63) is 63.7 Å². The second-order valence-electron chi connectivity index (χ2n) is 8.13. The number of piperidine rings is 1. The lowest BCUT2D eigenvalue weighted by molar-refractivity contribution is 0.0998. The molecule has 3 aromatic rings. The second kappa shape index (κ2) is 8.22. The van der Waals surface area contributed by atoms with Crippen LogP contribution in [0.25, 0.3) is 16.6 Å². The van der Waals surface area contributed by atoms with E-state index < -0.39 is 51.5 Å². The van der Waals surface area contributed by atoms with Gasteiger partial charge in [0.05, 0.1) is 22.7 Å². The van der Waals surface area contributed by atoms with Crippen LogP contribution in [0.1, 0.15) is 23.7 Å². The molecular weight excluding hydrogens is 442 g/mol. The highest BCUT2D eigenvalue weighted by Gasteiger charge is 2.30. The normalized spacial score (nSPS) is 18.9. The van der Waals surface area contributed by atoms with Crippen LogP contribution in [0.3, 0.4) is 0 Å². The van der Waals surface area contributed by atoms with Crippen LogP contribution in [0.2, 0.25) is 0 Å². The first-order chi connectivity index (χ1) is 15.1. The van der Waals surface area contributed by atoms with E-state index in [2.05, 4.69) is 9.24 Å². The van der Waals surface area contributed by atoms with Crippen LogP contribution in [-0.2, 0) is 0 Å². The first kappa shape index (κ1) is 22.3. The van der Waals surface area contributed by atoms with Gasteiger partial charge in [-0.15, -0.1) is 9.24 Å². The Kier molecular flexibility index (Phi) is 5.73. The summed E-state index contributed by atoms with van der Waals surface area (Å²) in [6, 6.07) is 4.90. The highest BCUT2D eigenvalue weighted by molar-refractivity contribution is 7.27. The number of aliphatic hydroxyl groups excluding tert-OH is 1. The maximum Gasteiger partial charge on any atom is 0.254 e. The maximum absolute atomic E-state index is 15.9. The lowest BCUT2D eigenvalue weighted by Gasteiger charge is -2.36. The minimum absolute atomic E-state index is 0.00338. The number of fused-ring (bicyclic) bond motifs is 1. The SMILES string of the molecule is CC1CC(O)CN(c2c(F)cc3c(=O)c(C(N)=O)cn(-c4ccc(P)cc4F)c3c2F)C1. The van der Waals surface area contributed by atoms with Gasteiger partial charge in [-0.3, -0.25) is 9.59 Å². The molecular formula is C22H21F3N3O3P. The first-order valence-electron chi connectivity index (χ1n) is 9.94. The number of aliphatic hydroxyl groups is 1. The van der Waals surface area contributed by atoms with Crippen molar-refractivity contribution in [2.24, 2.45) is 11.7 Å². The van der Waals surface area contributed by atoms with E-state index in [1.54, 1.807) is 6.07 Å². The molecule has 0 bridgehead atoms. The summed E-state index contributed by atoms with van der Waals surface area (Å²) in [4.78, 5) is 26.0. The molecule has 4 rings (SSSR count). The van der Waals surface area contributed by atoms with E-state index in [0.717, 1.165) is 16.8 Å². The molecule has 1 amide bonds. The van der Waals surface area contributed by atoms with Gasteiger partial charge in [0, 0.05) is 19.3 Å². The molecule has 10 heteroatoms. The Morgan fingerprint density at radius 3 is 2.53 bits per heavy atom. The molecule has 0 spiro atoms. The average Bonchev–Trinajstić information content (AvgIpc) is 2.68. The molecule has 1 aliphatic rings. The number of hydrogen-bond donors (Lipinski definition) is 2. The highest BCUT2D eigenvalue weighted by atomic mass is 31.0. The van der Waals surface area contributed by atoms with Gasteiger partial charge < -0.3 is 20.3 Å². The van der Waals surface area contributed by atoms with E-state index in [9.17, 15) is 19.1 Å². The Labute approximate surface area is 183 Å². The second-order valence-corrected chi connectivity index (χ2v) is 8.80. The summed E-state index contributed by atoms with van der Waals surface area (Å²) < 4.78 is 46.8. The first-order valence-corrected chi connectivity index (χ1v) is 10.5. The fourth-order valence-corrected chi connectivity index (χ4v) is 4.52. The number of halogens is 3. The fourth-order valence-electron chi connectivity index (χ4n) is 4.28. The van der Waals surface area contributed by atoms with Crippen LogP contribution in [0, 0.1) is 23.4 Å². The molecule has 2 aromatic carbocycles.